The molecule has 2 aromatic rings. The molecule has 3 nitrogen and oxygen atoms in total. The molecule has 1 aliphatic heterocycles. The van der Waals surface area contributed by atoms with Crippen molar-refractivity contribution in [3.8, 4) is 0 Å². The number of rotatable bonds is 3. The van der Waals surface area contributed by atoms with Gasteiger partial charge in [-0.2, -0.15) is 0 Å². The highest BCUT2D eigenvalue weighted by molar-refractivity contribution is 7.71. The Balaban J connectivity index is 2.09. The van der Waals surface area contributed by atoms with Crippen LogP contribution >= 0.6 is 23.8 Å². The van der Waals surface area contributed by atoms with Crippen LogP contribution in [0.5, 0.6) is 0 Å². The fourth-order valence-corrected chi connectivity index (χ4v) is 3.74. The molecule has 0 saturated heterocycles. The molecular weight excluding hydrogens is 314 g/mol. The second-order valence-corrected chi connectivity index (χ2v) is 6.81. The van der Waals surface area contributed by atoms with Gasteiger partial charge in [0.1, 0.15) is 0 Å². The quantitative estimate of drug-likeness (QED) is 0.636. The van der Waals surface area contributed by atoms with Crippen LogP contribution in [-0.2, 0) is 13.1 Å². The minimum Gasteiger partial charge on any atom is -0.331 e. The van der Waals surface area contributed by atoms with Crippen LogP contribution in [0.1, 0.15) is 32.8 Å². The monoisotopic (exact) mass is 335 g/mol. The summed E-state index contributed by atoms with van der Waals surface area (Å²) in [4.78, 5) is 5.80. The van der Waals surface area contributed by atoms with Gasteiger partial charge in [0.2, 0.25) is 0 Å². The van der Waals surface area contributed by atoms with Crippen molar-refractivity contribution in [3.63, 3.8) is 0 Å². The van der Waals surface area contributed by atoms with Gasteiger partial charge in [0.05, 0.1) is 11.0 Å². The van der Waals surface area contributed by atoms with E-state index in [1.807, 2.05) is 12.1 Å². The van der Waals surface area contributed by atoms with Gasteiger partial charge in [0.15, 0.2) is 4.77 Å². The summed E-state index contributed by atoms with van der Waals surface area (Å²) in [6.45, 7) is 9.35. The molecule has 5 heteroatoms. The molecule has 1 N–H and O–H groups in total. The topological polar surface area (TPSA) is 24.0 Å². The third kappa shape index (κ3) is 2.64. The van der Waals surface area contributed by atoms with Gasteiger partial charge in [-0.15, -0.1) is 0 Å². The van der Waals surface area contributed by atoms with Crippen molar-refractivity contribution in [3.05, 3.63) is 39.1 Å². The molecular formula is C17H22ClN3S. The Bertz CT molecular complexity index is 787. The number of imidazole rings is 1. The van der Waals surface area contributed by atoms with Crippen LogP contribution in [0.2, 0.25) is 5.02 Å². The zero-order chi connectivity index (χ0) is 15.9. The van der Waals surface area contributed by atoms with E-state index < -0.39 is 0 Å². The number of halogens is 1. The molecule has 0 bridgehead atoms. The first-order valence-corrected chi connectivity index (χ1v) is 8.61. The predicted octanol–water partition coefficient (Wildman–Crippen LogP) is 4.91. The van der Waals surface area contributed by atoms with E-state index in [0.29, 0.717) is 6.04 Å². The molecule has 0 saturated carbocycles. The Labute approximate surface area is 141 Å². The van der Waals surface area contributed by atoms with E-state index in [0.717, 1.165) is 41.4 Å². The lowest BCUT2D eigenvalue weighted by Gasteiger charge is -2.28. The Kier molecular flexibility index (Phi) is 4.44. The summed E-state index contributed by atoms with van der Waals surface area (Å²) >= 11 is 12.0. The first kappa shape index (κ1) is 15.8. The van der Waals surface area contributed by atoms with E-state index in [1.54, 1.807) is 0 Å². The molecule has 22 heavy (non-hydrogen) atoms. The zero-order valence-electron chi connectivity index (χ0n) is 13.3. The van der Waals surface area contributed by atoms with E-state index in [9.17, 15) is 0 Å². The minimum atomic E-state index is 0.413. The first-order chi connectivity index (χ1) is 10.5. The fourth-order valence-electron chi connectivity index (χ4n) is 3.25. The predicted molar refractivity (Wildman–Crippen MR) is 96.1 cm³/mol. The lowest BCUT2D eigenvalue weighted by Crippen LogP contribution is -2.35. The summed E-state index contributed by atoms with van der Waals surface area (Å²) in [6.07, 6.45) is 3.32. The average molecular weight is 336 g/mol. The molecule has 2 heterocycles. The molecule has 1 atom stereocenters. The van der Waals surface area contributed by atoms with E-state index in [2.05, 4.69) is 41.3 Å². The fraction of sp³-hybridized carbons (Fsp3) is 0.471. The maximum atomic E-state index is 6.51. The van der Waals surface area contributed by atoms with Crippen LogP contribution in [0.25, 0.3) is 11.0 Å². The van der Waals surface area contributed by atoms with Crippen LogP contribution in [-0.4, -0.2) is 27.0 Å². The summed E-state index contributed by atoms with van der Waals surface area (Å²) in [5.74, 6) is 0. The number of aromatic amines is 1. The summed E-state index contributed by atoms with van der Waals surface area (Å²) in [7, 11) is 0. The molecule has 0 amide bonds. The summed E-state index contributed by atoms with van der Waals surface area (Å²) in [5.41, 5.74) is 4.90. The van der Waals surface area contributed by atoms with Crippen molar-refractivity contribution in [2.45, 2.75) is 46.3 Å². The largest absolute Gasteiger partial charge is 0.331 e. The molecule has 1 aromatic heterocycles. The van der Waals surface area contributed by atoms with Crippen molar-refractivity contribution in [1.29, 1.82) is 0 Å². The number of nitrogens with one attached hydrogen (secondary N) is 1. The number of nitrogens with zero attached hydrogens (tertiary/aromatic N) is 2. The summed E-state index contributed by atoms with van der Waals surface area (Å²) in [5, 5.41) is 0.827. The third-order valence-electron chi connectivity index (χ3n) is 4.68. The van der Waals surface area contributed by atoms with E-state index in [4.69, 9.17) is 23.8 Å². The van der Waals surface area contributed by atoms with E-state index in [1.165, 1.54) is 16.7 Å². The Morgan fingerprint density at radius 3 is 2.95 bits per heavy atom. The number of benzene rings is 1. The molecule has 0 radical (unpaired) electrons. The van der Waals surface area contributed by atoms with E-state index >= 15 is 0 Å². The highest BCUT2D eigenvalue weighted by atomic mass is 35.5. The number of H-pyrrole nitrogens is 1. The van der Waals surface area contributed by atoms with Gasteiger partial charge in [-0.3, -0.25) is 4.90 Å². The minimum absolute atomic E-state index is 0.413. The standard InChI is InChI=1S/C17H22ClN3S/c1-4-12(5-2)9-20-10-13-14(18)6-7-15-16(13)21(8-11(20)3)17(22)19-15/h4,6-7,11H,5,8-10H2,1-3H3,(H,19,22)/b12-4+/t11-/m0/s1. The third-order valence-corrected chi connectivity index (χ3v) is 5.36. The first-order valence-electron chi connectivity index (χ1n) is 7.83. The van der Waals surface area contributed by atoms with Gasteiger partial charge >= 0.3 is 0 Å². The highest BCUT2D eigenvalue weighted by Gasteiger charge is 2.25. The van der Waals surface area contributed by atoms with Crippen molar-refractivity contribution in [2.24, 2.45) is 0 Å². The normalized spacial score (nSPS) is 19.6. The Morgan fingerprint density at radius 1 is 1.50 bits per heavy atom. The summed E-state index contributed by atoms with van der Waals surface area (Å²) in [6, 6.07) is 4.41. The maximum absolute atomic E-state index is 6.51. The molecule has 3 rings (SSSR count). The lowest BCUT2D eigenvalue weighted by molar-refractivity contribution is 0.204. The number of allylic oxidation sites excluding steroid dienone is 1. The molecule has 0 aliphatic carbocycles. The van der Waals surface area contributed by atoms with Crippen LogP contribution in [0.3, 0.4) is 0 Å². The Hall–Kier alpha value is -1.10. The zero-order valence-corrected chi connectivity index (χ0v) is 14.9. The molecule has 1 aliphatic rings. The van der Waals surface area contributed by atoms with Crippen molar-refractivity contribution < 1.29 is 0 Å². The second kappa shape index (κ2) is 6.19. The van der Waals surface area contributed by atoms with Gasteiger partial charge in [-0.05, 0) is 44.6 Å². The van der Waals surface area contributed by atoms with Crippen LogP contribution in [0, 0.1) is 4.77 Å². The second-order valence-electron chi connectivity index (χ2n) is 6.02. The maximum Gasteiger partial charge on any atom is 0.178 e. The summed E-state index contributed by atoms with van der Waals surface area (Å²) < 4.78 is 2.99. The van der Waals surface area contributed by atoms with Crippen LogP contribution < -0.4 is 0 Å². The number of aromatic nitrogens is 2. The van der Waals surface area contributed by atoms with Crippen molar-refractivity contribution in [2.75, 3.05) is 6.54 Å². The van der Waals surface area contributed by atoms with Crippen molar-refractivity contribution in [1.82, 2.24) is 14.5 Å². The number of hydrogen-bond donors (Lipinski definition) is 1. The number of hydrogen-bond acceptors (Lipinski definition) is 2. The van der Waals surface area contributed by atoms with E-state index in [-0.39, 0.29) is 0 Å². The smallest absolute Gasteiger partial charge is 0.178 e. The van der Waals surface area contributed by atoms with Crippen LogP contribution in [0.15, 0.2) is 23.8 Å². The molecule has 0 spiro atoms. The van der Waals surface area contributed by atoms with Crippen molar-refractivity contribution >= 4 is 34.9 Å². The van der Waals surface area contributed by atoms with Gasteiger partial charge in [-0.1, -0.05) is 30.2 Å². The van der Waals surface area contributed by atoms with Gasteiger partial charge in [-0.25, -0.2) is 0 Å². The average Bonchev–Trinajstić information content (AvgIpc) is 2.73. The van der Waals surface area contributed by atoms with Gasteiger partial charge in [0.25, 0.3) is 0 Å². The molecule has 118 valence electrons. The lowest BCUT2D eigenvalue weighted by atomic mass is 10.1. The van der Waals surface area contributed by atoms with Gasteiger partial charge < -0.3 is 9.55 Å². The highest BCUT2D eigenvalue weighted by Crippen LogP contribution is 2.31. The van der Waals surface area contributed by atoms with Crippen LogP contribution in [0.4, 0.5) is 0 Å². The molecule has 0 fully saturated rings. The molecule has 0 unspecified atom stereocenters. The Morgan fingerprint density at radius 2 is 2.27 bits per heavy atom. The van der Waals surface area contributed by atoms with Gasteiger partial charge in [0, 0.05) is 36.3 Å². The molecule has 1 aromatic carbocycles. The SMILES string of the molecule is C/C=C(\CC)CN1Cc2c(Cl)ccc3[nH]c(=S)n(c23)C[C@@H]1C.